The van der Waals surface area contributed by atoms with Crippen LogP contribution < -0.4 is 9.05 Å². The largest absolute Gasteiger partial charge is 0.584 e. The van der Waals surface area contributed by atoms with E-state index in [0.29, 0.717) is 11.5 Å². The number of phosphoric acid groups is 1. The molecule has 5 heteroatoms. The summed E-state index contributed by atoms with van der Waals surface area (Å²) in [6.45, 7) is 2.27. The van der Waals surface area contributed by atoms with E-state index in [0.717, 1.165) is 6.42 Å². The summed E-state index contributed by atoms with van der Waals surface area (Å²) >= 11 is 0. The summed E-state index contributed by atoms with van der Waals surface area (Å²) in [5, 5.41) is 0. The van der Waals surface area contributed by atoms with Crippen LogP contribution in [0.4, 0.5) is 0 Å². The molecule has 2 rings (SSSR count). The Balaban J connectivity index is 1.51. The molecule has 0 aliphatic carbocycles. The van der Waals surface area contributed by atoms with E-state index in [9.17, 15) is 9.46 Å². The molecule has 0 amide bonds. The fourth-order valence-corrected chi connectivity index (χ4v) is 4.64. The molecule has 0 radical (unpaired) electrons. The predicted molar refractivity (Wildman–Crippen MR) is 133 cm³/mol. The Labute approximate surface area is 195 Å². The van der Waals surface area contributed by atoms with E-state index in [-0.39, 0.29) is 0 Å². The third-order valence-corrected chi connectivity index (χ3v) is 6.56. The van der Waals surface area contributed by atoms with Gasteiger partial charge in [-0.15, -0.1) is 0 Å². The lowest BCUT2D eigenvalue weighted by Crippen LogP contribution is -1.99. The smallest absolute Gasteiger partial charge is 0.395 e. The van der Waals surface area contributed by atoms with E-state index in [2.05, 4.69) is 6.92 Å². The number of aryl methyl sites for hydroxylation is 1. The van der Waals surface area contributed by atoms with Gasteiger partial charge in [-0.1, -0.05) is 114 Å². The molecular weight excluding hydrogens is 419 g/mol. The molecule has 32 heavy (non-hydrogen) atoms. The maximum atomic E-state index is 12.2. The van der Waals surface area contributed by atoms with Crippen LogP contribution in [0.25, 0.3) is 0 Å². The van der Waals surface area contributed by atoms with Crippen molar-refractivity contribution in [3.8, 4) is 11.5 Å². The van der Waals surface area contributed by atoms with Crippen molar-refractivity contribution >= 4 is 7.82 Å². The van der Waals surface area contributed by atoms with Gasteiger partial charge in [0.05, 0.1) is 0 Å². The topological polar surface area (TPSA) is 55.8 Å². The van der Waals surface area contributed by atoms with Gasteiger partial charge >= 0.3 is 7.82 Å². The van der Waals surface area contributed by atoms with E-state index in [4.69, 9.17) is 9.05 Å². The van der Waals surface area contributed by atoms with E-state index in [1.54, 1.807) is 36.4 Å². The van der Waals surface area contributed by atoms with Crippen molar-refractivity contribution in [2.24, 2.45) is 0 Å². The highest BCUT2D eigenvalue weighted by atomic mass is 31.2. The second-order valence-electron chi connectivity index (χ2n) is 8.60. The fourth-order valence-electron chi connectivity index (χ4n) is 3.83. The number of benzene rings is 2. The lowest BCUT2D eigenvalue weighted by Gasteiger charge is -2.14. The SMILES string of the molecule is CCCCCCCCCCCCCCCc1ccc(OP(=O)(O)Oc2ccccc2)cc1. The lowest BCUT2D eigenvalue weighted by atomic mass is 10.0. The molecule has 1 unspecified atom stereocenters. The Morgan fingerprint density at radius 1 is 0.625 bits per heavy atom. The van der Waals surface area contributed by atoms with Crippen LogP contribution in [0.5, 0.6) is 11.5 Å². The van der Waals surface area contributed by atoms with Crippen molar-refractivity contribution in [2.75, 3.05) is 0 Å². The van der Waals surface area contributed by atoms with Crippen LogP contribution >= 0.6 is 7.82 Å². The molecule has 178 valence electrons. The third kappa shape index (κ3) is 12.3. The van der Waals surface area contributed by atoms with Gasteiger partial charge in [0.2, 0.25) is 0 Å². The molecular formula is C27H41O4P. The summed E-state index contributed by atoms with van der Waals surface area (Å²) in [5.74, 6) is 0.637. The monoisotopic (exact) mass is 460 g/mol. The first-order chi connectivity index (χ1) is 15.6. The molecule has 0 bridgehead atoms. The molecule has 1 N–H and O–H groups in total. The Bertz CT molecular complexity index is 761. The van der Waals surface area contributed by atoms with E-state index < -0.39 is 7.82 Å². The normalized spacial score (nSPS) is 12.9. The Hall–Kier alpha value is -1.77. The van der Waals surface area contributed by atoms with Crippen LogP contribution in [0.3, 0.4) is 0 Å². The minimum atomic E-state index is -4.20. The Kier molecular flexibility index (Phi) is 13.2. The van der Waals surface area contributed by atoms with Gasteiger partial charge < -0.3 is 9.05 Å². The van der Waals surface area contributed by atoms with E-state index in [1.165, 1.54) is 89.0 Å². The molecule has 0 aliphatic rings. The quantitative estimate of drug-likeness (QED) is 0.178. The van der Waals surface area contributed by atoms with Crippen LogP contribution in [-0.4, -0.2) is 4.89 Å². The van der Waals surface area contributed by atoms with Crippen LogP contribution in [0, 0.1) is 0 Å². The average molecular weight is 461 g/mol. The molecule has 2 aromatic rings. The van der Waals surface area contributed by atoms with Gasteiger partial charge in [0.1, 0.15) is 11.5 Å². The zero-order valence-electron chi connectivity index (χ0n) is 19.7. The van der Waals surface area contributed by atoms with Gasteiger partial charge in [-0.2, -0.15) is 0 Å². The highest BCUT2D eigenvalue weighted by Crippen LogP contribution is 2.44. The number of para-hydroxylation sites is 1. The van der Waals surface area contributed by atoms with Crippen molar-refractivity contribution in [3.05, 3.63) is 60.2 Å². The number of unbranched alkanes of at least 4 members (excludes halogenated alkanes) is 12. The number of phosphoric ester groups is 1. The average Bonchev–Trinajstić information content (AvgIpc) is 2.78. The van der Waals surface area contributed by atoms with Crippen molar-refractivity contribution in [2.45, 2.75) is 96.8 Å². The highest BCUT2D eigenvalue weighted by Gasteiger charge is 2.24. The van der Waals surface area contributed by atoms with E-state index >= 15 is 0 Å². The molecule has 0 aromatic heterocycles. The fraction of sp³-hybridized carbons (Fsp3) is 0.556. The van der Waals surface area contributed by atoms with Gasteiger partial charge in [0.25, 0.3) is 0 Å². The van der Waals surface area contributed by atoms with Gasteiger partial charge in [-0.05, 0) is 42.7 Å². The number of rotatable bonds is 18. The molecule has 0 saturated heterocycles. The maximum absolute atomic E-state index is 12.2. The van der Waals surface area contributed by atoms with Crippen LogP contribution in [0.15, 0.2) is 54.6 Å². The van der Waals surface area contributed by atoms with Gasteiger partial charge in [0, 0.05) is 0 Å². The standard InChI is InChI=1S/C27H41O4P/c1-2-3-4-5-6-7-8-9-10-11-12-13-15-18-25-21-23-27(24-22-25)31-32(28,29)30-26-19-16-14-17-20-26/h14,16-17,19-24H,2-13,15,18H2,1H3,(H,28,29). The van der Waals surface area contributed by atoms with Crippen molar-refractivity contribution in [3.63, 3.8) is 0 Å². The first-order valence-corrected chi connectivity index (χ1v) is 13.9. The Morgan fingerprint density at radius 3 is 1.56 bits per heavy atom. The maximum Gasteiger partial charge on any atom is 0.584 e. The zero-order chi connectivity index (χ0) is 22.9. The summed E-state index contributed by atoms with van der Waals surface area (Å²) in [6.07, 6.45) is 18.6. The first-order valence-electron chi connectivity index (χ1n) is 12.4. The predicted octanol–water partition coefficient (Wildman–Crippen LogP) is 8.88. The number of hydrogen-bond donors (Lipinski definition) is 1. The minimum absolute atomic E-state index is 0.303. The number of hydrogen-bond acceptors (Lipinski definition) is 3. The minimum Gasteiger partial charge on any atom is -0.395 e. The highest BCUT2D eigenvalue weighted by molar-refractivity contribution is 7.48. The van der Waals surface area contributed by atoms with Crippen molar-refractivity contribution in [1.82, 2.24) is 0 Å². The molecule has 0 saturated carbocycles. The van der Waals surface area contributed by atoms with Crippen LogP contribution in [0.1, 0.15) is 96.0 Å². The summed E-state index contributed by atoms with van der Waals surface area (Å²) in [7, 11) is -4.20. The lowest BCUT2D eigenvalue weighted by molar-refractivity contribution is 0.291. The summed E-state index contributed by atoms with van der Waals surface area (Å²) in [4.78, 5) is 9.94. The van der Waals surface area contributed by atoms with Gasteiger partial charge in [0.15, 0.2) is 0 Å². The summed E-state index contributed by atoms with van der Waals surface area (Å²) in [5.41, 5.74) is 1.22. The molecule has 0 spiro atoms. The second kappa shape index (κ2) is 15.9. The first kappa shape index (κ1) is 26.5. The molecule has 1 atom stereocenters. The Morgan fingerprint density at radius 2 is 1.06 bits per heavy atom. The van der Waals surface area contributed by atoms with Crippen LogP contribution in [-0.2, 0) is 11.0 Å². The zero-order valence-corrected chi connectivity index (χ0v) is 20.6. The van der Waals surface area contributed by atoms with E-state index in [1.807, 2.05) is 18.2 Å². The molecule has 0 aliphatic heterocycles. The molecule has 0 heterocycles. The summed E-state index contributed by atoms with van der Waals surface area (Å²) < 4.78 is 22.4. The van der Waals surface area contributed by atoms with Gasteiger partial charge in [-0.3, -0.25) is 4.89 Å². The molecule has 4 nitrogen and oxygen atoms in total. The molecule has 0 fully saturated rings. The van der Waals surface area contributed by atoms with Crippen LogP contribution in [0.2, 0.25) is 0 Å². The van der Waals surface area contributed by atoms with Crippen molar-refractivity contribution in [1.29, 1.82) is 0 Å². The third-order valence-electron chi connectivity index (χ3n) is 5.68. The van der Waals surface area contributed by atoms with Crippen molar-refractivity contribution < 1.29 is 18.5 Å². The molecule has 2 aromatic carbocycles. The summed E-state index contributed by atoms with van der Waals surface area (Å²) in [6, 6.07) is 15.9. The van der Waals surface area contributed by atoms with Gasteiger partial charge in [-0.25, -0.2) is 4.57 Å². The second-order valence-corrected chi connectivity index (χ2v) is 9.90.